The first-order valence-electron chi connectivity index (χ1n) is 5.56. The molecular weight excluding hydrogens is 370 g/mol. The predicted molar refractivity (Wildman–Crippen MR) is 79.8 cm³/mol. The maximum Gasteiger partial charge on any atom is 0.335 e. The zero-order valence-corrected chi connectivity index (χ0v) is 13.8. The highest BCUT2D eigenvalue weighted by Gasteiger charge is 2.19. The average Bonchev–Trinajstić information content (AvgIpc) is 2.34. The Morgan fingerprint density at radius 1 is 1.45 bits per heavy atom. The Morgan fingerprint density at radius 3 is 2.65 bits per heavy atom. The van der Waals surface area contributed by atoms with Crippen LogP contribution in [0.2, 0.25) is 0 Å². The van der Waals surface area contributed by atoms with Gasteiger partial charge in [0, 0.05) is 33.8 Å². The van der Waals surface area contributed by atoms with Gasteiger partial charge in [0.1, 0.15) is 0 Å². The molecule has 0 aliphatic heterocycles. The molecule has 0 aliphatic rings. The standard InChI is InChI=1S/C11H14BrNO5S2/c1-19(16)6-2-5-13-20(17,18)10-7-8(11(14)15)3-4-9(10)12/h3-4,7,13H,2,5-6H2,1H3,(H,14,15). The summed E-state index contributed by atoms with van der Waals surface area (Å²) in [6.07, 6.45) is 1.99. The van der Waals surface area contributed by atoms with Crippen LogP contribution in [0, 0.1) is 0 Å². The van der Waals surface area contributed by atoms with Gasteiger partial charge in [-0.1, -0.05) is 0 Å². The van der Waals surface area contributed by atoms with Crippen LogP contribution in [0.5, 0.6) is 0 Å². The Kier molecular flexibility index (Phi) is 6.31. The average molecular weight is 384 g/mol. The number of benzene rings is 1. The fraction of sp³-hybridized carbons (Fsp3) is 0.364. The molecule has 1 unspecified atom stereocenters. The number of hydrogen-bond acceptors (Lipinski definition) is 4. The summed E-state index contributed by atoms with van der Waals surface area (Å²) >= 11 is 3.09. The second-order valence-electron chi connectivity index (χ2n) is 3.98. The number of sulfonamides is 1. The van der Waals surface area contributed by atoms with E-state index in [0.29, 0.717) is 12.2 Å². The molecule has 0 bridgehead atoms. The molecule has 0 fully saturated rings. The van der Waals surface area contributed by atoms with E-state index in [-0.39, 0.29) is 21.5 Å². The summed E-state index contributed by atoms with van der Waals surface area (Å²) in [5.41, 5.74) is -0.108. The van der Waals surface area contributed by atoms with Crippen molar-refractivity contribution < 1.29 is 22.5 Å². The van der Waals surface area contributed by atoms with Crippen molar-refractivity contribution in [3.05, 3.63) is 28.2 Å². The van der Waals surface area contributed by atoms with Crippen LogP contribution in [0.4, 0.5) is 0 Å². The van der Waals surface area contributed by atoms with Crippen molar-refractivity contribution in [1.29, 1.82) is 0 Å². The Bertz CT molecular complexity index is 630. The van der Waals surface area contributed by atoms with Crippen molar-refractivity contribution >= 4 is 42.7 Å². The topological polar surface area (TPSA) is 101 Å². The lowest BCUT2D eigenvalue weighted by atomic mass is 10.2. The molecule has 0 heterocycles. The van der Waals surface area contributed by atoms with Crippen molar-refractivity contribution in [3.63, 3.8) is 0 Å². The first-order valence-corrected chi connectivity index (χ1v) is 9.57. The zero-order valence-electron chi connectivity index (χ0n) is 10.6. The number of nitrogens with one attached hydrogen (secondary N) is 1. The fourth-order valence-corrected chi connectivity index (χ4v) is 4.01. The van der Waals surface area contributed by atoms with Crippen molar-refractivity contribution in [3.8, 4) is 0 Å². The van der Waals surface area contributed by atoms with Crippen molar-refractivity contribution in [1.82, 2.24) is 4.72 Å². The van der Waals surface area contributed by atoms with Crippen LogP contribution < -0.4 is 4.72 Å². The number of aromatic carboxylic acids is 1. The van der Waals surface area contributed by atoms with Gasteiger partial charge in [0.15, 0.2) is 0 Å². The van der Waals surface area contributed by atoms with Crippen LogP contribution >= 0.6 is 15.9 Å². The van der Waals surface area contributed by atoms with Crippen LogP contribution in [0.3, 0.4) is 0 Å². The van der Waals surface area contributed by atoms with Crippen molar-refractivity contribution in [2.24, 2.45) is 0 Å². The summed E-state index contributed by atoms with van der Waals surface area (Å²) in [7, 11) is -4.78. The van der Waals surface area contributed by atoms with Crippen molar-refractivity contribution in [2.75, 3.05) is 18.6 Å². The maximum atomic E-state index is 12.1. The molecule has 0 saturated heterocycles. The SMILES string of the molecule is CS(=O)CCCNS(=O)(=O)c1cc(C(=O)O)ccc1Br. The molecule has 0 radical (unpaired) electrons. The number of carboxylic acid groups (broad SMARTS) is 1. The van der Waals surface area contributed by atoms with E-state index in [1.807, 2.05) is 0 Å². The molecule has 0 saturated carbocycles. The third-order valence-corrected chi connectivity index (χ3v) is 5.69. The molecule has 9 heteroatoms. The highest BCUT2D eigenvalue weighted by molar-refractivity contribution is 9.10. The Morgan fingerprint density at radius 2 is 2.10 bits per heavy atom. The number of hydrogen-bond donors (Lipinski definition) is 2. The summed E-state index contributed by atoms with van der Waals surface area (Å²) < 4.78 is 37.6. The van der Waals surface area contributed by atoms with Gasteiger partial charge in [-0.15, -0.1) is 0 Å². The van der Waals surface area contributed by atoms with Gasteiger partial charge in [0.05, 0.1) is 10.5 Å². The van der Waals surface area contributed by atoms with E-state index >= 15 is 0 Å². The lowest BCUT2D eigenvalue weighted by molar-refractivity contribution is 0.0696. The molecule has 0 spiro atoms. The van der Waals surface area contributed by atoms with E-state index in [2.05, 4.69) is 20.7 Å². The van der Waals surface area contributed by atoms with Crippen molar-refractivity contribution in [2.45, 2.75) is 11.3 Å². The maximum absolute atomic E-state index is 12.1. The van der Waals surface area contributed by atoms with Crippen LogP contribution in [-0.4, -0.2) is 42.3 Å². The van der Waals surface area contributed by atoms with Gasteiger partial charge in [-0.25, -0.2) is 17.9 Å². The van der Waals surface area contributed by atoms with Gasteiger partial charge in [0.2, 0.25) is 10.0 Å². The molecular formula is C11H14BrNO5S2. The summed E-state index contributed by atoms with van der Waals surface area (Å²) in [5.74, 6) is -0.797. The molecule has 0 aromatic heterocycles. The van der Waals surface area contributed by atoms with Gasteiger partial charge in [0.25, 0.3) is 0 Å². The molecule has 1 atom stereocenters. The summed E-state index contributed by atoms with van der Waals surface area (Å²) in [5, 5.41) is 8.88. The first kappa shape index (κ1) is 17.3. The quantitative estimate of drug-likeness (QED) is 0.688. The van der Waals surface area contributed by atoms with Gasteiger partial charge in [-0.2, -0.15) is 0 Å². The second kappa shape index (κ2) is 7.30. The first-order chi connectivity index (χ1) is 9.24. The number of rotatable bonds is 7. The second-order valence-corrected chi connectivity index (χ2v) is 8.12. The van der Waals surface area contributed by atoms with Crippen LogP contribution in [0.25, 0.3) is 0 Å². The lowest BCUT2D eigenvalue weighted by Gasteiger charge is -2.09. The van der Waals surface area contributed by atoms with Crippen LogP contribution in [0.1, 0.15) is 16.8 Å². The minimum Gasteiger partial charge on any atom is -0.478 e. The van der Waals surface area contributed by atoms with Crippen LogP contribution in [-0.2, 0) is 20.8 Å². The monoisotopic (exact) mass is 383 g/mol. The number of halogens is 1. The Hall–Kier alpha value is -0.770. The molecule has 112 valence electrons. The lowest BCUT2D eigenvalue weighted by Crippen LogP contribution is -2.26. The van der Waals surface area contributed by atoms with E-state index in [1.165, 1.54) is 12.1 Å². The largest absolute Gasteiger partial charge is 0.478 e. The third kappa shape index (κ3) is 4.97. The van der Waals surface area contributed by atoms with E-state index in [1.54, 1.807) is 6.26 Å². The molecule has 2 N–H and O–H groups in total. The molecule has 1 aromatic rings. The Balaban J connectivity index is 2.89. The summed E-state index contributed by atoms with van der Waals surface area (Å²) in [4.78, 5) is 10.7. The normalized spacial score (nSPS) is 13.1. The van der Waals surface area contributed by atoms with Crippen LogP contribution in [0.15, 0.2) is 27.6 Å². The number of carbonyl (C=O) groups is 1. The number of carboxylic acids is 1. The highest BCUT2D eigenvalue weighted by Crippen LogP contribution is 2.23. The minimum atomic E-state index is -3.80. The summed E-state index contributed by atoms with van der Waals surface area (Å²) in [6.45, 7) is 0.144. The zero-order chi connectivity index (χ0) is 15.3. The van der Waals surface area contributed by atoms with Gasteiger partial charge < -0.3 is 5.11 Å². The van der Waals surface area contributed by atoms with Gasteiger partial charge in [-0.3, -0.25) is 4.21 Å². The molecule has 1 aromatic carbocycles. The van der Waals surface area contributed by atoms with Gasteiger partial charge in [-0.05, 0) is 40.5 Å². The van der Waals surface area contributed by atoms with E-state index in [0.717, 1.165) is 6.07 Å². The highest BCUT2D eigenvalue weighted by atomic mass is 79.9. The smallest absolute Gasteiger partial charge is 0.335 e. The summed E-state index contributed by atoms with van der Waals surface area (Å²) in [6, 6.07) is 3.78. The molecule has 20 heavy (non-hydrogen) atoms. The van der Waals surface area contributed by atoms with E-state index < -0.39 is 26.8 Å². The van der Waals surface area contributed by atoms with E-state index in [4.69, 9.17) is 5.11 Å². The molecule has 1 rings (SSSR count). The fourth-order valence-electron chi connectivity index (χ4n) is 1.40. The molecule has 6 nitrogen and oxygen atoms in total. The molecule has 0 amide bonds. The minimum absolute atomic E-state index is 0.108. The predicted octanol–water partition coefficient (Wildman–Crippen LogP) is 1.19. The Labute approximate surface area is 128 Å². The van der Waals surface area contributed by atoms with Gasteiger partial charge >= 0.3 is 5.97 Å². The molecule has 0 aliphatic carbocycles. The van der Waals surface area contributed by atoms with E-state index in [9.17, 15) is 17.4 Å². The third-order valence-electron chi connectivity index (χ3n) is 2.37.